The molecule has 0 aliphatic carbocycles. The molecule has 0 aromatic rings. The average Bonchev–Trinajstić information content (AvgIpc) is 2.12. The maximum Gasteiger partial charge on any atom is 0.407 e. The molecule has 0 bridgehead atoms. The first-order valence-corrected chi connectivity index (χ1v) is 5.01. The van der Waals surface area contributed by atoms with E-state index in [2.05, 4.69) is 0 Å². The predicted molar refractivity (Wildman–Crippen MR) is 52.6 cm³/mol. The first-order chi connectivity index (χ1) is 6.95. The molecular formula is C10H17F4NO. The number of halogens is 4. The molecule has 0 spiro atoms. The van der Waals surface area contributed by atoms with Gasteiger partial charge in [0.2, 0.25) is 0 Å². The van der Waals surface area contributed by atoms with E-state index in [4.69, 9.17) is 5.73 Å². The minimum atomic E-state index is -4.93. The quantitative estimate of drug-likeness (QED) is 0.771. The van der Waals surface area contributed by atoms with E-state index in [1.54, 1.807) is 0 Å². The Kier molecular flexibility index (Phi) is 4.50. The first-order valence-electron chi connectivity index (χ1n) is 5.01. The van der Waals surface area contributed by atoms with Gasteiger partial charge in [-0.1, -0.05) is 27.7 Å². The fraction of sp³-hybridized carbons (Fsp3) is 0.900. The summed E-state index contributed by atoms with van der Waals surface area (Å²) in [5.41, 5.74) is 1.78. The largest absolute Gasteiger partial charge is 0.407 e. The molecular weight excluding hydrogens is 226 g/mol. The van der Waals surface area contributed by atoms with Gasteiger partial charge in [-0.25, -0.2) is 4.39 Å². The molecule has 0 rings (SSSR count). The topological polar surface area (TPSA) is 43.1 Å². The van der Waals surface area contributed by atoms with Gasteiger partial charge in [-0.2, -0.15) is 13.2 Å². The van der Waals surface area contributed by atoms with Crippen LogP contribution in [0.3, 0.4) is 0 Å². The van der Waals surface area contributed by atoms with Crippen LogP contribution in [0.25, 0.3) is 0 Å². The number of alkyl halides is 4. The number of Topliss-reactive ketones (excluding diaryl/α,β-unsaturated/α-hetero) is 1. The molecule has 6 heteroatoms. The van der Waals surface area contributed by atoms with Gasteiger partial charge < -0.3 is 5.73 Å². The fourth-order valence-electron chi connectivity index (χ4n) is 1.48. The summed E-state index contributed by atoms with van der Waals surface area (Å²) < 4.78 is 51.5. The van der Waals surface area contributed by atoms with Gasteiger partial charge in [0.1, 0.15) is 6.04 Å². The molecule has 2 N–H and O–H groups in total. The van der Waals surface area contributed by atoms with E-state index in [1.807, 2.05) is 0 Å². The third-order valence-corrected chi connectivity index (χ3v) is 2.55. The molecule has 2 nitrogen and oxygen atoms in total. The van der Waals surface area contributed by atoms with Crippen molar-refractivity contribution in [3.63, 3.8) is 0 Å². The van der Waals surface area contributed by atoms with E-state index in [0.717, 1.165) is 0 Å². The lowest BCUT2D eigenvalue weighted by atomic mass is 9.78. The highest BCUT2D eigenvalue weighted by molar-refractivity contribution is 5.90. The Bertz CT molecular complexity index is 262. The number of hydrogen-bond donors (Lipinski definition) is 1. The maximum atomic E-state index is 14.3. The number of carbonyl (C=O) groups is 1. The molecule has 0 fully saturated rings. The molecule has 0 aromatic carbocycles. The third kappa shape index (κ3) is 2.72. The van der Waals surface area contributed by atoms with Gasteiger partial charge in [0.05, 0.1) is 0 Å². The lowest BCUT2D eigenvalue weighted by molar-refractivity contribution is -0.190. The maximum absolute atomic E-state index is 14.3. The summed E-state index contributed by atoms with van der Waals surface area (Å²) in [6, 6.07) is -2.78. The SMILES string of the molecule is CC(C)C(=O)C(F)(C(C)C)[C@H](N)C(F)(F)F. The predicted octanol–water partition coefficient (Wildman–Crippen LogP) is 2.47. The molecule has 0 saturated heterocycles. The second-order valence-corrected chi connectivity index (χ2v) is 4.46. The van der Waals surface area contributed by atoms with Crippen LogP contribution in [0.5, 0.6) is 0 Å². The summed E-state index contributed by atoms with van der Waals surface area (Å²) in [5, 5.41) is 0. The molecule has 0 heterocycles. The molecule has 0 aromatic heterocycles. The van der Waals surface area contributed by atoms with Crippen LogP contribution in [0.1, 0.15) is 27.7 Å². The van der Waals surface area contributed by atoms with E-state index in [1.165, 1.54) is 27.7 Å². The van der Waals surface area contributed by atoms with Crippen LogP contribution in [-0.2, 0) is 4.79 Å². The Morgan fingerprint density at radius 1 is 1.06 bits per heavy atom. The van der Waals surface area contributed by atoms with Crippen LogP contribution >= 0.6 is 0 Å². The van der Waals surface area contributed by atoms with Gasteiger partial charge in [-0.15, -0.1) is 0 Å². The van der Waals surface area contributed by atoms with Gasteiger partial charge in [-0.3, -0.25) is 4.79 Å². The zero-order valence-corrected chi connectivity index (χ0v) is 9.73. The van der Waals surface area contributed by atoms with Crippen molar-refractivity contribution in [3.05, 3.63) is 0 Å². The molecule has 2 atom stereocenters. The van der Waals surface area contributed by atoms with Crippen LogP contribution in [0.15, 0.2) is 0 Å². The molecule has 0 amide bonds. The Morgan fingerprint density at radius 2 is 1.44 bits per heavy atom. The molecule has 16 heavy (non-hydrogen) atoms. The van der Waals surface area contributed by atoms with Crippen LogP contribution in [0, 0.1) is 11.8 Å². The number of hydrogen-bond acceptors (Lipinski definition) is 2. The van der Waals surface area contributed by atoms with Crippen LogP contribution in [-0.4, -0.2) is 23.7 Å². The molecule has 0 radical (unpaired) electrons. The minimum absolute atomic E-state index is 0.833. The monoisotopic (exact) mass is 243 g/mol. The highest BCUT2D eigenvalue weighted by atomic mass is 19.4. The normalized spacial score (nSPS) is 18.7. The Hall–Kier alpha value is -0.650. The molecule has 0 aliphatic rings. The number of carbonyl (C=O) groups excluding carboxylic acids is 1. The van der Waals surface area contributed by atoms with Crippen LogP contribution in [0.2, 0.25) is 0 Å². The average molecular weight is 243 g/mol. The summed E-state index contributed by atoms with van der Waals surface area (Å²) in [6.45, 7) is 5.13. The lowest BCUT2D eigenvalue weighted by Gasteiger charge is -2.35. The van der Waals surface area contributed by atoms with Crippen molar-refractivity contribution in [2.45, 2.75) is 45.6 Å². The standard InChI is InChI=1S/C10H17F4NO/c1-5(2)7(16)9(11,6(3)4)8(15)10(12,13)14/h5-6,8H,15H2,1-4H3/t8-,9?/m0/s1. The molecule has 0 saturated carbocycles. The fourth-order valence-corrected chi connectivity index (χ4v) is 1.48. The van der Waals surface area contributed by atoms with Crippen molar-refractivity contribution in [2.75, 3.05) is 0 Å². The van der Waals surface area contributed by atoms with E-state index in [9.17, 15) is 22.4 Å². The highest BCUT2D eigenvalue weighted by Gasteiger charge is 2.58. The van der Waals surface area contributed by atoms with Gasteiger partial charge in [0.25, 0.3) is 0 Å². The first kappa shape index (κ1) is 15.3. The van der Waals surface area contributed by atoms with E-state index < -0.39 is 35.5 Å². The summed E-state index contributed by atoms with van der Waals surface area (Å²) in [7, 11) is 0. The Balaban J connectivity index is 5.37. The summed E-state index contributed by atoms with van der Waals surface area (Å²) >= 11 is 0. The van der Waals surface area contributed by atoms with E-state index >= 15 is 0 Å². The Morgan fingerprint density at radius 3 is 1.62 bits per heavy atom. The zero-order valence-electron chi connectivity index (χ0n) is 9.73. The lowest BCUT2D eigenvalue weighted by Crippen LogP contribution is -2.61. The van der Waals surface area contributed by atoms with Gasteiger partial charge in [-0.05, 0) is 5.92 Å². The van der Waals surface area contributed by atoms with Crippen molar-refractivity contribution in [1.29, 1.82) is 0 Å². The van der Waals surface area contributed by atoms with Gasteiger partial charge >= 0.3 is 6.18 Å². The van der Waals surface area contributed by atoms with Crippen LogP contribution < -0.4 is 5.73 Å². The highest BCUT2D eigenvalue weighted by Crippen LogP contribution is 2.37. The smallest absolute Gasteiger partial charge is 0.317 e. The zero-order chi connectivity index (χ0) is 13.3. The second-order valence-electron chi connectivity index (χ2n) is 4.46. The summed E-state index contributed by atoms with van der Waals surface area (Å²) in [5.74, 6) is -3.06. The molecule has 0 aliphatic heterocycles. The van der Waals surface area contributed by atoms with Gasteiger partial charge in [0.15, 0.2) is 11.5 Å². The summed E-state index contributed by atoms with van der Waals surface area (Å²) in [4.78, 5) is 11.5. The number of rotatable bonds is 4. The van der Waals surface area contributed by atoms with Crippen LogP contribution in [0.4, 0.5) is 17.6 Å². The number of ketones is 1. The summed E-state index contributed by atoms with van der Waals surface area (Å²) in [6.07, 6.45) is -4.93. The van der Waals surface area contributed by atoms with Crippen molar-refractivity contribution < 1.29 is 22.4 Å². The van der Waals surface area contributed by atoms with Crippen molar-refractivity contribution in [3.8, 4) is 0 Å². The molecule has 96 valence electrons. The third-order valence-electron chi connectivity index (χ3n) is 2.55. The second kappa shape index (κ2) is 4.69. The minimum Gasteiger partial charge on any atom is -0.317 e. The molecule has 1 unspecified atom stereocenters. The van der Waals surface area contributed by atoms with E-state index in [0.29, 0.717) is 0 Å². The van der Waals surface area contributed by atoms with Crippen molar-refractivity contribution in [1.82, 2.24) is 0 Å². The number of nitrogens with two attached hydrogens (primary N) is 1. The Labute approximate surface area is 92.2 Å². The van der Waals surface area contributed by atoms with E-state index in [-0.39, 0.29) is 0 Å². The van der Waals surface area contributed by atoms with Crippen molar-refractivity contribution in [2.24, 2.45) is 17.6 Å². The van der Waals surface area contributed by atoms with Crippen molar-refractivity contribution >= 4 is 5.78 Å². The van der Waals surface area contributed by atoms with Gasteiger partial charge in [0, 0.05) is 5.92 Å².